The number of nitrogens with one attached hydrogen (secondary N) is 2. The van der Waals surface area contributed by atoms with Crippen molar-refractivity contribution in [3.05, 3.63) is 102 Å². The van der Waals surface area contributed by atoms with Gasteiger partial charge in [-0.15, -0.1) is 0 Å². The van der Waals surface area contributed by atoms with Gasteiger partial charge in [0.2, 0.25) is 0 Å². The number of fused-ring (bicyclic) bond motifs is 2. The van der Waals surface area contributed by atoms with Crippen molar-refractivity contribution in [3.63, 3.8) is 0 Å². The van der Waals surface area contributed by atoms with Gasteiger partial charge in [0.1, 0.15) is 17.8 Å². The van der Waals surface area contributed by atoms with Crippen molar-refractivity contribution in [2.24, 2.45) is 0 Å². The van der Waals surface area contributed by atoms with E-state index in [-0.39, 0.29) is 17.7 Å². The largest absolute Gasteiger partial charge is 0.508 e. The molecular weight excluding hydrogens is 514 g/mol. The number of phenolic OH excluding ortho intramolecular Hbond substituents is 1. The Morgan fingerprint density at radius 3 is 2.80 bits per heavy atom. The van der Waals surface area contributed by atoms with E-state index >= 15 is 0 Å². The number of pyridine rings is 1. The predicted molar refractivity (Wildman–Crippen MR) is 158 cm³/mol. The van der Waals surface area contributed by atoms with Crippen LogP contribution in [0.2, 0.25) is 0 Å². The molecule has 2 aromatic carbocycles. The van der Waals surface area contributed by atoms with E-state index in [2.05, 4.69) is 19.9 Å². The lowest BCUT2D eigenvalue weighted by Gasteiger charge is -2.25. The van der Waals surface area contributed by atoms with Gasteiger partial charge in [0.05, 0.1) is 34.6 Å². The highest BCUT2D eigenvalue weighted by Gasteiger charge is 2.24. The number of imidazole rings is 1. The predicted octanol–water partition coefficient (Wildman–Crippen LogP) is 7.10. The summed E-state index contributed by atoms with van der Waals surface area (Å²) in [6, 6.07) is 18.7. The van der Waals surface area contributed by atoms with Gasteiger partial charge in [0, 0.05) is 41.3 Å². The average Bonchev–Trinajstić information content (AvgIpc) is 3.76. The summed E-state index contributed by atoms with van der Waals surface area (Å²) in [5.41, 5.74) is 5.99. The van der Waals surface area contributed by atoms with Crippen molar-refractivity contribution in [3.8, 4) is 17.1 Å². The van der Waals surface area contributed by atoms with E-state index in [9.17, 15) is 9.90 Å². The molecule has 0 unspecified atom stereocenters. The highest BCUT2D eigenvalue weighted by molar-refractivity contribution is 5.98. The van der Waals surface area contributed by atoms with Crippen LogP contribution in [0.3, 0.4) is 0 Å². The molecule has 0 radical (unpaired) electrons. The van der Waals surface area contributed by atoms with E-state index in [1.807, 2.05) is 54.7 Å². The molecule has 1 atom stereocenters. The van der Waals surface area contributed by atoms with E-state index in [1.54, 1.807) is 30.9 Å². The van der Waals surface area contributed by atoms with Crippen LogP contribution >= 0.6 is 0 Å². The van der Waals surface area contributed by atoms with E-state index in [0.717, 1.165) is 57.4 Å². The van der Waals surface area contributed by atoms with E-state index in [4.69, 9.17) is 9.40 Å². The smallest absolute Gasteiger partial charge is 0.251 e. The van der Waals surface area contributed by atoms with Gasteiger partial charge >= 0.3 is 0 Å². The van der Waals surface area contributed by atoms with Crippen molar-refractivity contribution in [1.82, 2.24) is 24.8 Å². The molecule has 0 bridgehead atoms. The van der Waals surface area contributed by atoms with Gasteiger partial charge in [-0.25, -0.2) is 4.98 Å². The maximum absolute atomic E-state index is 13.7. The maximum atomic E-state index is 13.7. The minimum atomic E-state index is -0.373. The number of rotatable bonds is 7. The summed E-state index contributed by atoms with van der Waals surface area (Å²) in [5.74, 6) is 0.891. The fraction of sp³-hybridized carbons (Fsp3) is 0.242. The molecule has 8 heteroatoms. The molecule has 0 aliphatic heterocycles. The zero-order valence-electron chi connectivity index (χ0n) is 22.6. The van der Waals surface area contributed by atoms with Gasteiger partial charge in [-0.1, -0.05) is 25.3 Å². The Kier molecular flexibility index (Phi) is 6.51. The van der Waals surface area contributed by atoms with Gasteiger partial charge < -0.3 is 24.4 Å². The second-order valence-corrected chi connectivity index (χ2v) is 10.8. The van der Waals surface area contributed by atoms with Crippen LogP contribution < -0.4 is 5.32 Å². The van der Waals surface area contributed by atoms with Crippen LogP contribution in [0.4, 0.5) is 0 Å². The molecule has 1 amide bonds. The van der Waals surface area contributed by atoms with Crippen molar-refractivity contribution in [2.75, 3.05) is 0 Å². The van der Waals surface area contributed by atoms with Crippen molar-refractivity contribution < 1.29 is 14.3 Å². The number of phenols is 1. The first-order valence-corrected chi connectivity index (χ1v) is 14.2. The third-order valence-corrected chi connectivity index (χ3v) is 8.20. The lowest BCUT2D eigenvalue weighted by Crippen LogP contribution is -2.30. The number of benzene rings is 2. The van der Waals surface area contributed by atoms with E-state index in [0.29, 0.717) is 18.0 Å². The molecule has 4 aromatic heterocycles. The number of nitrogens with zero attached hydrogens (tertiary/aromatic N) is 3. The fourth-order valence-electron chi connectivity index (χ4n) is 6.15. The minimum Gasteiger partial charge on any atom is -0.508 e. The lowest BCUT2D eigenvalue weighted by atomic mass is 9.95. The zero-order chi connectivity index (χ0) is 27.8. The van der Waals surface area contributed by atoms with Gasteiger partial charge in [0.15, 0.2) is 0 Å². The molecule has 1 aliphatic rings. The summed E-state index contributed by atoms with van der Waals surface area (Å²) < 4.78 is 7.73. The van der Waals surface area contributed by atoms with Crippen LogP contribution in [0.25, 0.3) is 33.3 Å². The quantitative estimate of drug-likeness (QED) is 0.198. The Morgan fingerprint density at radius 1 is 1.10 bits per heavy atom. The molecule has 7 rings (SSSR count). The molecule has 0 spiro atoms. The molecule has 41 heavy (non-hydrogen) atoms. The standard InChI is InChI=1S/C33H31N5O3/c39-25-10-11-27-26(18-25)23(19-35-27)17-29(28-8-4-5-14-34-28)37-33(40)21-9-12-31-30(16-21)36-32(22-13-15-41-20-22)38(31)24-6-2-1-3-7-24/h4-5,8-16,18-20,24,29,35,39H,1-3,6-7,17H2,(H,37,40)/t29-/m0/s1. The van der Waals surface area contributed by atoms with Crippen molar-refractivity contribution >= 4 is 27.8 Å². The third-order valence-electron chi connectivity index (χ3n) is 8.20. The number of carbonyl (C=O) groups excluding carboxylic acids is 1. The average molecular weight is 546 g/mol. The summed E-state index contributed by atoms with van der Waals surface area (Å²) >= 11 is 0. The van der Waals surface area contributed by atoms with Crippen LogP contribution in [0.1, 0.15) is 65.8 Å². The number of furan rings is 1. The van der Waals surface area contributed by atoms with E-state index < -0.39 is 0 Å². The normalized spacial score (nSPS) is 14.9. The topological polar surface area (TPSA) is 109 Å². The SMILES string of the molecule is O=C(N[C@@H](Cc1c[nH]c2ccc(O)cc12)c1ccccn1)c1ccc2c(c1)nc(-c1ccoc1)n2C1CCCCC1. The van der Waals surface area contributed by atoms with E-state index in [1.165, 1.54) is 19.3 Å². The second-order valence-electron chi connectivity index (χ2n) is 10.8. The van der Waals surface area contributed by atoms with Crippen LogP contribution in [-0.2, 0) is 6.42 Å². The van der Waals surface area contributed by atoms with Gasteiger partial charge in [-0.05, 0) is 73.0 Å². The highest BCUT2D eigenvalue weighted by atomic mass is 16.3. The van der Waals surface area contributed by atoms with Crippen LogP contribution in [0.5, 0.6) is 5.75 Å². The highest BCUT2D eigenvalue weighted by Crippen LogP contribution is 2.36. The number of aromatic hydroxyl groups is 1. The maximum Gasteiger partial charge on any atom is 0.251 e. The Balaban J connectivity index is 1.22. The first kappa shape index (κ1) is 25.1. The molecular formula is C33H31N5O3. The Hall–Kier alpha value is -4.85. The fourth-order valence-corrected chi connectivity index (χ4v) is 6.15. The first-order chi connectivity index (χ1) is 20.1. The number of amides is 1. The molecule has 1 fully saturated rings. The lowest BCUT2D eigenvalue weighted by molar-refractivity contribution is 0.0935. The molecule has 1 saturated carbocycles. The summed E-state index contributed by atoms with van der Waals surface area (Å²) in [6.07, 6.45) is 13.5. The Labute approximate surface area is 237 Å². The molecule has 4 heterocycles. The number of hydrogen-bond donors (Lipinski definition) is 3. The van der Waals surface area contributed by atoms with Crippen LogP contribution in [0, 0.1) is 0 Å². The molecule has 206 valence electrons. The molecule has 0 saturated heterocycles. The number of H-pyrrole nitrogens is 1. The zero-order valence-corrected chi connectivity index (χ0v) is 22.6. The van der Waals surface area contributed by atoms with Gasteiger partial charge in [-0.3, -0.25) is 9.78 Å². The number of carbonyl (C=O) groups is 1. The Morgan fingerprint density at radius 2 is 2.00 bits per heavy atom. The molecule has 3 N–H and O–H groups in total. The summed E-state index contributed by atoms with van der Waals surface area (Å²) in [6.45, 7) is 0. The minimum absolute atomic E-state index is 0.192. The summed E-state index contributed by atoms with van der Waals surface area (Å²) in [7, 11) is 0. The van der Waals surface area contributed by atoms with Gasteiger partial charge in [-0.2, -0.15) is 0 Å². The van der Waals surface area contributed by atoms with Crippen molar-refractivity contribution in [2.45, 2.75) is 50.6 Å². The van der Waals surface area contributed by atoms with Crippen molar-refractivity contribution in [1.29, 1.82) is 0 Å². The molecule has 1 aliphatic carbocycles. The number of aromatic amines is 1. The first-order valence-electron chi connectivity index (χ1n) is 14.2. The van der Waals surface area contributed by atoms with Crippen LogP contribution in [-0.4, -0.2) is 30.5 Å². The summed E-state index contributed by atoms with van der Waals surface area (Å²) in [4.78, 5) is 26.5. The summed E-state index contributed by atoms with van der Waals surface area (Å²) in [5, 5.41) is 14.2. The Bertz CT molecular complexity index is 1810. The molecule has 6 aromatic rings. The monoisotopic (exact) mass is 545 g/mol. The third kappa shape index (κ3) is 4.86. The number of hydrogen-bond acceptors (Lipinski definition) is 5. The molecule has 8 nitrogen and oxygen atoms in total. The number of aromatic nitrogens is 4. The second kappa shape index (κ2) is 10.6. The van der Waals surface area contributed by atoms with Crippen LogP contribution in [0.15, 0.2) is 90.0 Å². The van der Waals surface area contributed by atoms with Gasteiger partial charge in [0.25, 0.3) is 5.91 Å².